The van der Waals surface area contributed by atoms with E-state index >= 15 is 0 Å². The van der Waals surface area contributed by atoms with Crippen molar-refractivity contribution in [1.82, 2.24) is 4.72 Å². The van der Waals surface area contributed by atoms with Crippen molar-refractivity contribution in [3.05, 3.63) is 30.3 Å². The van der Waals surface area contributed by atoms with E-state index < -0.39 is 10.0 Å². The molecule has 1 aromatic rings. The fraction of sp³-hybridized carbons (Fsp3) is 0.588. The van der Waals surface area contributed by atoms with E-state index in [0.29, 0.717) is 4.90 Å². The lowest BCUT2D eigenvalue weighted by Crippen LogP contribution is -2.37. The summed E-state index contributed by atoms with van der Waals surface area (Å²) < 4.78 is 26.9. The molecule has 0 aliphatic heterocycles. The molecule has 1 saturated carbocycles. The van der Waals surface area contributed by atoms with Crippen LogP contribution in [0.5, 0.6) is 0 Å². The fourth-order valence-electron chi connectivity index (χ4n) is 2.23. The highest BCUT2D eigenvalue weighted by Crippen LogP contribution is 2.24. The molecule has 0 aromatic heterocycles. The highest BCUT2D eigenvalue weighted by atomic mass is 32.2. The largest absolute Gasteiger partial charge is 0.240 e. The zero-order chi connectivity index (χ0) is 17.0. The lowest BCUT2D eigenvalue weighted by molar-refractivity contribution is 0.361. The third kappa shape index (κ3) is 6.59. The van der Waals surface area contributed by atoms with Gasteiger partial charge in [0.25, 0.3) is 0 Å². The van der Waals surface area contributed by atoms with Gasteiger partial charge in [-0.15, -0.1) is 0 Å². The number of benzene rings is 1. The molecule has 0 heterocycles. The van der Waals surface area contributed by atoms with Gasteiger partial charge in [-0.25, -0.2) is 13.1 Å². The van der Waals surface area contributed by atoms with E-state index in [1.54, 1.807) is 30.3 Å². The minimum atomic E-state index is -3.42. The van der Waals surface area contributed by atoms with Crippen molar-refractivity contribution in [2.24, 2.45) is 5.92 Å². The van der Waals surface area contributed by atoms with Crippen molar-refractivity contribution in [1.29, 1.82) is 5.26 Å². The minimum Gasteiger partial charge on any atom is -0.208 e. The molecule has 2 rings (SSSR count). The van der Waals surface area contributed by atoms with Gasteiger partial charge in [0, 0.05) is 12.0 Å². The maximum absolute atomic E-state index is 12.1. The number of hydrogen-bond acceptors (Lipinski definition) is 3. The Morgan fingerprint density at radius 3 is 1.95 bits per heavy atom. The molecule has 124 valence electrons. The number of sulfonamides is 1. The molecule has 5 heteroatoms. The van der Waals surface area contributed by atoms with Gasteiger partial charge in [-0.3, -0.25) is 0 Å². The molecule has 0 spiro atoms. The number of nitriles is 1. The lowest BCUT2D eigenvalue weighted by atomic mass is 9.88. The zero-order valence-electron chi connectivity index (χ0n) is 14.0. The van der Waals surface area contributed by atoms with E-state index in [1.165, 1.54) is 0 Å². The van der Waals surface area contributed by atoms with Crippen LogP contribution in [0.4, 0.5) is 0 Å². The quantitative estimate of drug-likeness (QED) is 0.910. The van der Waals surface area contributed by atoms with Crippen molar-refractivity contribution in [2.75, 3.05) is 0 Å². The second-order valence-corrected chi connectivity index (χ2v) is 6.33. The predicted molar refractivity (Wildman–Crippen MR) is 90.8 cm³/mol. The van der Waals surface area contributed by atoms with E-state index in [2.05, 4.69) is 10.8 Å². The molecule has 0 bridgehead atoms. The summed E-state index contributed by atoms with van der Waals surface area (Å²) in [6.45, 7) is 8.00. The Hall–Kier alpha value is -1.38. The molecule has 1 aromatic carbocycles. The van der Waals surface area contributed by atoms with Crippen LogP contribution in [0.25, 0.3) is 0 Å². The first kappa shape index (κ1) is 20.6. The molecule has 1 aliphatic carbocycles. The molecule has 1 aliphatic rings. The Morgan fingerprint density at radius 1 is 1.00 bits per heavy atom. The maximum atomic E-state index is 12.1. The summed E-state index contributed by atoms with van der Waals surface area (Å²) in [5, 5.41) is 8.80. The lowest BCUT2D eigenvalue weighted by Gasteiger charge is -2.25. The summed E-state index contributed by atoms with van der Waals surface area (Å²) in [7, 11) is -3.42. The van der Waals surface area contributed by atoms with Gasteiger partial charge >= 0.3 is 0 Å². The maximum Gasteiger partial charge on any atom is 0.240 e. The summed E-state index contributed by atoms with van der Waals surface area (Å²) >= 11 is 0. The van der Waals surface area contributed by atoms with Gasteiger partial charge in [0.1, 0.15) is 0 Å². The van der Waals surface area contributed by atoms with Gasteiger partial charge < -0.3 is 0 Å². The van der Waals surface area contributed by atoms with Crippen LogP contribution in [0, 0.1) is 17.2 Å². The number of rotatable bonds is 3. The normalized spacial score (nSPS) is 20.5. The first-order chi connectivity index (χ1) is 10.6. The molecule has 1 fully saturated rings. The smallest absolute Gasteiger partial charge is 0.208 e. The Bertz CT molecular complexity index is 528. The SMILES string of the molecule is CC.CC.N#CC1CCC(NS(=O)(=O)c2ccccc2)CC1. The molecule has 22 heavy (non-hydrogen) atoms. The zero-order valence-corrected chi connectivity index (χ0v) is 14.9. The fourth-order valence-corrected chi connectivity index (χ4v) is 3.55. The highest BCUT2D eigenvalue weighted by molar-refractivity contribution is 7.89. The molecule has 0 amide bonds. The van der Waals surface area contributed by atoms with E-state index in [1.807, 2.05) is 27.7 Å². The van der Waals surface area contributed by atoms with E-state index in [4.69, 9.17) is 5.26 Å². The van der Waals surface area contributed by atoms with Gasteiger partial charge in [-0.2, -0.15) is 5.26 Å². The van der Waals surface area contributed by atoms with E-state index in [9.17, 15) is 8.42 Å². The van der Waals surface area contributed by atoms with Crippen molar-refractivity contribution >= 4 is 10.0 Å². The topological polar surface area (TPSA) is 70.0 Å². The Morgan fingerprint density at radius 2 is 1.50 bits per heavy atom. The second-order valence-electron chi connectivity index (χ2n) is 4.61. The third-order valence-corrected chi connectivity index (χ3v) is 4.82. The number of hydrogen-bond donors (Lipinski definition) is 1. The molecule has 0 saturated heterocycles. The summed E-state index contributed by atoms with van der Waals surface area (Å²) in [6, 6.07) is 10.6. The monoisotopic (exact) mass is 324 g/mol. The number of nitrogens with zero attached hydrogens (tertiary/aromatic N) is 1. The minimum absolute atomic E-state index is 0.0418. The average Bonchev–Trinajstić information content (AvgIpc) is 2.60. The van der Waals surface area contributed by atoms with Crippen LogP contribution in [0.2, 0.25) is 0 Å². The molecule has 1 N–H and O–H groups in total. The van der Waals surface area contributed by atoms with Crippen molar-refractivity contribution in [3.8, 4) is 6.07 Å². The van der Waals surface area contributed by atoms with Crippen LogP contribution in [-0.4, -0.2) is 14.5 Å². The van der Waals surface area contributed by atoms with Gasteiger partial charge in [-0.05, 0) is 37.8 Å². The summed E-state index contributed by atoms with van der Waals surface area (Å²) in [5.41, 5.74) is 0. The highest BCUT2D eigenvalue weighted by Gasteiger charge is 2.25. The number of nitrogens with one attached hydrogen (secondary N) is 1. The van der Waals surface area contributed by atoms with Gasteiger partial charge in [0.2, 0.25) is 10.0 Å². The van der Waals surface area contributed by atoms with Crippen LogP contribution in [0.1, 0.15) is 53.4 Å². The standard InChI is InChI=1S/C13H16N2O2S.2C2H6/c14-10-11-6-8-12(9-7-11)15-18(16,17)13-4-2-1-3-5-13;2*1-2/h1-5,11-12,15H,6-9H2;2*1-2H3. The third-order valence-electron chi connectivity index (χ3n) is 3.29. The molecule has 4 nitrogen and oxygen atoms in total. The van der Waals surface area contributed by atoms with Crippen molar-refractivity contribution in [2.45, 2.75) is 64.3 Å². The van der Waals surface area contributed by atoms with E-state index in [-0.39, 0.29) is 12.0 Å². The van der Waals surface area contributed by atoms with Crippen LogP contribution in [0.3, 0.4) is 0 Å². The van der Waals surface area contributed by atoms with Crippen LogP contribution in [-0.2, 0) is 10.0 Å². The predicted octanol–water partition coefficient (Wildman–Crippen LogP) is 4.10. The van der Waals surface area contributed by atoms with Crippen LogP contribution in [0.15, 0.2) is 35.2 Å². The van der Waals surface area contributed by atoms with Gasteiger partial charge in [0.15, 0.2) is 0 Å². The van der Waals surface area contributed by atoms with Crippen molar-refractivity contribution in [3.63, 3.8) is 0 Å². The Labute approximate surface area is 135 Å². The van der Waals surface area contributed by atoms with E-state index in [0.717, 1.165) is 25.7 Å². The summed E-state index contributed by atoms with van der Waals surface area (Å²) in [5.74, 6) is 0.0856. The average molecular weight is 324 g/mol. The molecular weight excluding hydrogens is 296 g/mol. The second kappa shape index (κ2) is 11.2. The van der Waals surface area contributed by atoms with Gasteiger partial charge in [-0.1, -0.05) is 45.9 Å². The Kier molecular flexibility index (Phi) is 10.5. The summed E-state index contributed by atoms with van der Waals surface area (Å²) in [6.07, 6.45) is 3.03. The van der Waals surface area contributed by atoms with Crippen molar-refractivity contribution < 1.29 is 8.42 Å². The molecule has 0 unspecified atom stereocenters. The van der Waals surface area contributed by atoms with Crippen LogP contribution < -0.4 is 4.72 Å². The first-order valence-corrected chi connectivity index (χ1v) is 9.57. The molecular formula is C17H28N2O2S. The summed E-state index contributed by atoms with van der Waals surface area (Å²) in [4.78, 5) is 0.299. The van der Waals surface area contributed by atoms with Gasteiger partial charge in [0.05, 0.1) is 11.0 Å². The Balaban J connectivity index is 0.00000102. The molecule has 0 radical (unpaired) electrons. The first-order valence-electron chi connectivity index (χ1n) is 8.09. The molecule has 0 atom stereocenters. The van der Waals surface area contributed by atoms with Crippen LogP contribution >= 0.6 is 0 Å².